The number of phosphoric acid groups is 1. The van der Waals surface area contributed by atoms with Crippen molar-refractivity contribution in [2.75, 3.05) is 0 Å². The molecule has 8 nitrogen and oxygen atoms in total. The maximum absolute atomic E-state index is 10.5. The fraction of sp³-hybridized carbons (Fsp3) is 1.00. The summed E-state index contributed by atoms with van der Waals surface area (Å²) in [4.78, 5) is 17.0. The molecule has 90 valence electrons. The molecule has 1 fully saturated rings. The van der Waals surface area contributed by atoms with Crippen molar-refractivity contribution in [2.24, 2.45) is 0 Å². The highest BCUT2D eigenvalue weighted by molar-refractivity contribution is 7.46. The van der Waals surface area contributed by atoms with E-state index in [0.717, 1.165) is 0 Å². The van der Waals surface area contributed by atoms with Gasteiger partial charge in [0.05, 0.1) is 6.10 Å². The van der Waals surface area contributed by atoms with E-state index in [-0.39, 0.29) is 0 Å². The third-order valence-electron chi connectivity index (χ3n) is 2.05. The first-order valence-corrected chi connectivity index (χ1v) is 5.69. The molecule has 0 aliphatic carbocycles. The summed E-state index contributed by atoms with van der Waals surface area (Å²) in [6.07, 6.45) is -7.20. The lowest BCUT2D eigenvalue weighted by molar-refractivity contribution is -0.271. The summed E-state index contributed by atoms with van der Waals surface area (Å²) in [6.45, 7) is 1.37. The summed E-state index contributed by atoms with van der Waals surface area (Å²) in [7, 11) is -4.82. The van der Waals surface area contributed by atoms with E-state index in [0.29, 0.717) is 0 Å². The van der Waals surface area contributed by atoms with Crippen molar-refractivity contribution in [2.45, 2.75) is 37.6 Å². The average molecular weight is 244 g/mol. The first-order chi connectivity index (χ1) is 6.72. The van der Waals surface area contributed by atoms with E-state index >= 15 is 0 Å². The van der Waals surface area contributed by atoms with Gasteiger partial charge in [0.25, 0.3) is 0 Å². The minimum Gasteiger partial charge on any atom is -0.388 e. The molecule has 0 bridgehead atoms. The Balaban J connectivity index is 2.71. The molecule has 0 aromatic heterocycles. The van der Waals surface area contributed by atoms with Crippen LogP contribution in [0.25, 0.3) is 0 Å². The van der Waals surface area contributed by atoms with Crippen LogP contribution < -0.4 is 0 Å². The Morgan fingerprint density at radius 1 is 1.13 bits per heavy atom. The molecule has 0 radical (unpaired) electrons. The van der Waals surface area contributed by atoms with Crippen LogP contribution in [0.4, 0.5) is 0 Å². The van der Waals surface area contributed by atoms with Crippen LogP contribution in [0.15, 0.2) is 0 Å². The highest BCUT2D eigenvalue weighted by atomic mass is 31.2. The quantitative estimate of drug-likeness (QED) is 0.349. The normalized spacial score (nSPS) is 42.9. The van der Waals surface area contributed by atoms with Crippen LogP contribution in [0.5, 0.6) is 0 Å². The Labute approximate surface area is 85.3 Å². The lowest BCUT2D eigenvalue weighted by atomic mass is 10.0. The smallest absolute Gasteiger partial charge is 0.388 e. The zero-order valence-electron chi connectivity index (χ0n) is 7.79. The minimum atomic E-state index is -4.82. The molecular formula is C6H13O8P. The van der Waals surface area contributed by atoms with Crippen molar-refractivity contribution in [1.29, 1.82) is 0 Å². The topological polar surface area (TPSA) is 137 Å². The molecule has 2 unspecified atom stereocenters. The number of rotatable bonds is 2. The second kappa shape index (κ2) is 4.44. The molecule has 1 saturated heterocycles. The Morgan fingerprint density at radius 3 is 2.13 bits per heavy atom. The van der Waals surface area contributed by atoms with Crippen molar-refractivity contribution in [3.8, 4) is 0 Å². The number of phosphoric ester groups is 1. The molecule has 1 aliphatic heterocycles. The van der Waals surface area contributed by atoms with Crippen molar-refractivity contribution in [1.82, 2.24) is 0 Å². The molecule has 0 aromatic carbocycles. The lowest BCUT2D eigenvalue weighted by Gasteiger charge is -2.38. The van der Waals surface area contributed by atoms with Gasteiger partial charge in [-0.2, -0.15) is 0 Å². The van der Waals surface area contributed by atoms with Crippen molar-refractivity contribution >= 4 is 7.82 Å². The SMILES string of the molecule is CC1O[C@H](OP(=O)(O)O)C(O)[C@@H](O)[C@@H]1O. The number of hydrogen-bond acceptors (Lipinski definition) is 6. The third kappa shape index (κ3) is 3.20. The molecule has 15 heavy (non-hydrogen) atoms. The zero-order chi connectivity index (χ0) is 11.8. The van der Waals surface area contributed by atoms with Gasteiger partial charge < -0.3 is 29.8 Å². The highest BCUT2D eigenvalue weighted by Crippen LogP contribution is 2.40. The molecule has 1 rings (SSSR count). The Bertz CT molecular complexity index is 264. The van der Waals surface area contributed by atoms with E-state index < -0.39 is 38.5 Å². The molecule has 0 amide bonds. The summed E-state index contributed by atoms with van der Waals surface area (Å²) < 4.78 is 19.4. The summed E-state index contributed by atoms with van der Waals surface area (Å²) in [5.41, 5.74) is 0. The summed E-state index contributed by atoms with van der Waals surface area (Å²) in [5.74, 6) is 0. The number of aliphatic hydroxyl groups excluding tert-OH is 3. The maximum Gasteiger partial charge on any atom is 0.472 e. The molecule has 9 heteroatoms. The predicted molar refractivity (Wildman–Crippen MR) is 45.5 cm³/mol. The molecule has 1 heterocycles. The van der Waals surface area contributed by atoms with Crippen molar-refractivity contribution < 1.29 is 38.9 Å². The molecule has 0 aromatic rings. The monoisotopic (exact) mass is 244 g/mol. The van der Waals surface area contributed by atoms with Crippen LogP contribution >= 0.6 is 7.82 Å². The summed E-state index contributed by atoms with van der Waals surface area (Å²) >= 11 is 0. The van der Waals surface area contributed by atoms with Crippen LogP contribution in [-0.4, -0.2) is 55.8 Å². The van der Waals surface area contributed by atoms with E-state index in [1.807, 2.05) is 0 Å². The standard InChI is InChI=1S/C6H13O8P/c1-2-3(7)4(8)5(9)6(13-2)14-15(10,11)12/h2-9H,1H3,(H2,10,11,12)/t2?,3-,4+,5?,6-/m1/s1. The van der Waals surface area contributed by atoms with Gasteiger partial charge in [0.15, 0.2) is 6.29 Å². The van der Waals surface area contributed by atoms with E-state index in [4.69, 9.17) is 14.5 Å². The molecule has 5 N–H and O–H groups in total. The van der Waals surface area contributed by atoms with Gasteiger partial charge in [0.1, 0.15) is 18.3 Å². The van der Waals surface area contributed by atoms with Gasteiger partial charge in [0.2, 0.25) is 0 Å². The van der Waals surface area contributed by atoms with Gasteiger partial charge >= 0.3 is 7.82 Å². The van der Waals surface area contributed by atoms with E-state index in [9.17, 15) is 19.9 Å². The maximum atomic E-state index is 10.5. The fourth-order valence-corrected chi connectivity index (χ4v) is 1.68. The fourth-order valence-electron chi connectivity index (χ4n) is 1.24. The first-order valence-electron chi connectivity index (χ1n) is 4.16. The van der Waals surface area contributed by atoms with E-state index in [1.165, 1.54) is 6.92 Å². The Kier molecular flexibility index (Phi) is 3.85. The van der Waals surface area contributed by atoms with Gasteiger partial charge in [-0.25, -0.2) is 4.57 Å². The van der Waals surface area contributed by atoms with Crippen molar-refractivity contribution in [3.63, 3.8) is 0 Å². The third-order valence-corrected chi connectivity index (χ3v) is 2.53. The Hall–Kier alpha value is -0.0500. The minimum absolute atomic E-state index is 0.903. The average Bonchev–Trinajstić information content (AvgIpc) is 2.08. The largest absolute Gasteiger partial charge is 0.472 e. The van der Waals surface area contributed by atoms with Gasteiger partial charge in [-0.1, -0.05) is 0 Å². The van der Waals surface area contributed by atoms with Gasteiger partial charge in [-0.05, 0) is 6.92 Å². The zero-order valence-corrected chi connectivity index (χ0v) is 8.69. The molecule has 0 saturated carbocycles. The van der Waals surface area contributed by atoms with E-state index in [2.05, 4.69) is 4.52 Å². The van der Waals surface area contributed by atoms with Crippen LogP contribution in [0.2, 0.25) is 0 Å². The number of hydrogen-bond donors (Lipinski definition) is 5. The Morgan fingerprint density at radius 2 is 1.67 bits per heavy atom. The number of aliphatic hydroxyl groups is 3. The number of ether oxygens (including phenoxy) is 1. The van der Waals surface area contributed by atoms with Gasteiger partial charge in [-0.3, -0.25) is 4.52 Å². The summed E-state index contributed by atoms with van der Waals surface area (Å²) in [5, 5.41) is 27.8. The van der Waals surface area contributed by atoms with Crippen LogP contribution in [0.3, 0.4) is 0 Å². The molecule has 1 aliphatic rings. The van der Waals surface area contributed by atoms with Gasteiger partial charge in [0, 0.05) is 0 Å². The molecule has 0 spiro atoms. The summed E-state index contributed by atoms with van der Waals surface area (Å²) in [6, 6.07) is 0. The van der Waals surface area contributed by atoms with Crippen molar-refractivity contribution in [3.05, 3.63) is 0 Å². The first kappa shape index (κ1) is 13.0. The predicted octanol–water partition coefficient (Wildman–Crippen LogP) is -2.08. The van der Waals surface area contributed by atoms with E-state index in [1.54, 1.807) is 0 Å². The molecular weight excluding hydrogens is 231 g/mol. The van der Waals surface area contributed by atoms with Gasteiger partial charge in [-0.15, -0.1) is 0 Å². The van der Waals surface area contributed by atoms with Crippen LogP contribution in [0.1, 0.15) is 6.92 Å². The van der Waals surface area contributed by atoms with Crippen LogP contribution in [0, 0.1) is 0 Å². The van der Waals surface area contributed by atoms with Crippen LogP contribution in [-0.2, 0) is 13.8 Å². The highest BCUT2D eigenvalue weighted by Gasteiger charge is 2.44. The molecule has 5 atom stereocenters. The lowest BCUT2D eigenvalue weighted by Crippen LogP contribution is -2.57. The second-order valence-corrected chi connectivity index (χ2v) is 4.47. The second-order valence-electron chi connectivity index (χ2n) is 3.28.